The number of anilines is 2. The molecule has 6 nitrogen and oxygen atoms in total. The van der Waals surface area contributed by atoms with Crippen molar-refractivity contribution < 1.29 is 22.3 Å². The molecule has 162 valence electrons. The van der Waals surface area contributed by atoms with Crippen molar-refractivity contribution in [1.82, 2.24) is 0 Å². The van der Waals surface area contributed by atoms with Crippen LogP contribution in [0.15, 0.2) is 77.7 Å². The van der Waals surface area contributed by atoms with Gasteiger partial charge in [-0.05, 0) is 50.2 Å². The van der Waals surface area contributed by atoms with Crippen molar-refractivity contribution in [2.24, 2.45) is 0 Å². The molecule has 3 aromatic rings. The summed E-state index contributed by atoms with van der Waals surface area (Å²) in [6.07, 6.45) is 0. The monoisotopic (exact) mass is 442 g/mol. The summed E-state index contributed by atoms with van der Waals surface area (Å²) in [5.41, 5.74) is 1.06. The second-order valence-corrected chi connectivity index (χ2v) is 8.62. The highest BCUT2D eigenvalue weighted by Gasteiger charge is 2.29. The maximum Gasteiger partial charge on any atom is 0.264 e. The molecule has 0 atom stereocenters. The van der Waals surface area contributed by atoms with E-state index in [9.17, 15) is 17.6 Å². The van der Waals surface area contributed by atoms with Gasteiger partial charge in [-0.2, -0.15) is 0 Å². The van der Waals surface area contributed by atoms with Gasteiger partial charge in [-0.25, -0.2) is 12.8 Å². The third-order valence-corrected chi connectivity index (χ3v) is 6.25. The Morgan fingerprint density at radius 1 is 1.00 bits per heavy atom. The van der Waals surface area contributed by atoms with E-state index in [0.29, 0.717) is 18.0 Å². The molecule has 1 amide bonds. The van der Waals surface area contributed by atoms with E-state index in [1.54, 1.807) is 36.4 Å². The lowest BCUT2D eigenvalue weighted by molar-refractivity contribution is -0.114. The van der Waals surface area contributed by atoms with Crippen molar-refractivity contribution in [2.75, 3.05) is 22.8 Å². The molecule has 31 heavy (non-hydrogen) atoms. The smallest absolute Gasteiger partial charge is 0.264 e. The summed E-state index contributed by atoms with van der Waals surface area (Å²) in [7, 11) is -4.20. The van der Waals surface area contributed by atoms with Crippen molar-refractivity contribution in [1.29, 1.82) is 0 Å². The molecule has 0 saturated carbocycles. The maximum atomic E-state index is 14.5. The van der Waals surface area contributed by atoms with Crippen molar-refractivity contribution in [3.63, 3.8) is 0 Å². The first-order valence-corrected chi connectivity index (χ1v) is 11.1. The molecule has 0 spiro atoms. The van der Waals surface area contributed by atoms with Gasteiger partial charge in [-0.3, -0.25) is 9.10 Å². The van der Waals surface area contributed by atoms with Crippen molar-refractivity contribution in [3.8, 4) is 5.75 Å². The topological polar surface area (TPSA) is 75.7 Å². The summed E-state index contributed by atoms with van der Waals surface area (Å²) in [5.74, 6) is -0.927. The molecule has 0 radical (unpaired) electrons. The van der Waals surface area contributed by atoms with E-state index in [1.807, 2.05) is 13.8 Å². The minimum Gasteiger partial charge on any atom is -0.492 e. The van der Waals surface area contributed by atoms with Crippen molar-refractivity contribution >= 4 is 27.3 Å². The van der Waals surface area contributed by atoms with Gasteiger partial charge in [0.1, 0.15) is 18.1 Å². The molecular formula is C23H23FN2O4S. The molecule has 0 aliphatic carbocycles. The Kier molecular flexibility index (Phi) is 6.91. The number of sulfonamides is 1. The quantitative estimate of drug-likeness (QED) is 0.562. The number of hydrogen-bond donors (Lipinski definition) is 1. The number of nitrogens with one attached hydrogen (secondary N) is 1. The second kappa shape index (κ2) is 9.61. The van der Waals surface area contributed by atoms with Crippen LogP contribution in [0.3, 0.4) is 0 Å². The van der Waals surface area contributed by atoms with Crippen LogP contribution in [0.1, 0.15) is 12.5 Å². The number of carbonyl (C=O) groups excluding carboxylic acids is 1. The largest absolute Gasteiger partial charge is 0.492 e. The molecule has 3 rings (SSSR count). The van der Waals surface area contributed by atoms with E-state index in [-0.39, 0.29) is 10.6 Å². The van der Waals surface area contributed by atoms with Crippen LogP contribution in [0.25, 0.3) is 0 Å². The number of benzene rings is 3. The molecule has 1 N–H and O–H groups in total. The van der Waals surface area contributed by atoms with Crippen LogP contribution in [0.4, 0.5) is 15.8 Å². The van der Waals surface area contributed by atoms with E-state index in [1.165, 1.54) is 30.3 Å². The third kappa shape index (κ3) is 5.21. The van der Waals surface area contributed by atoms with Crippen LogP contribution >= 0.6 is 0 Å². The highest BCUT2D eigenvalue weighted by Crippen LogP contribution is 2.28. The number of rotatable bonds is 8. The van der Waals surface area contributed by atoms with Gasteiger partial charge in [-0.1, -0.05) is 42.0 Å². The van der Waals surface area contributed by atoms with Crippen molar-refractivity contribution in [3.05, 3.63) is 84.2 Å². The Morgan fingerprint density at radius 2 is 1.65 bits per heavy atom. The first kappa shape index (κ1) is 22.3. The van der Waals surface area contributed by atoms with E-state index in [4.69, 9.17) is 4.74 Å². The minimum atomic E-state index is -4.20. The highest BCUT2D eigenvalue weighted by molar-refractivity contribution is 7.92. The molecule has 8 heteroatoms. The molecule has 0 aliphatic heterocycles. The van der Waals surface area contributed by atoms with Gasteiger partial charge in [0.2, 0.25) is 5.91 Å². The number of carbonyl (C=O) groups is 1. The predicted molar refractivity (Wildman–Crippen MR) is 118 cm³/mol. The van der Waals surface area contributed by atoms with Crippen LogP contribution in [-0.4, -0.2) is 27.5 Å². The molecule has 0 saturated heterocycles. The zero-order valence-corrected chi connectivity index (χ0v) is 18.0. The predicted octanol–water partition coefficient (Wildman–Crippen LogP) is 4.37. The molecule has 0 heterocycles. The van der Waals surface area contributed by atoms with Gasteiger partial charge < -0.3 is 10.1 Å². The van der Waals surface area contributed by atoms with E-state index in [2.05, 4.69) is 5.32 Å². The normalized spacial score (nSPS) is 11.1. The fourth-order valence-electron chi connectivity index (χ4n) is 2.96. The van der Waals surface area contributed by atoms with Crippen LogP contribution < -0.4 is 14.4 Å². The number of ether oxygens (including phenoxy) is 1. The second-order valence-electron chi connectivity index (χ2n) is 6.75. The van der Waals surface area contributed by atoms with Crippen LogP contribution in [0, 0.1) is 12.7 Å². The van der Waals surface area contributed by atoms with Gasteiger partial charge in [0, 0.05) is 0 Å². The van der Waals surface area contributed by atoms with Gasteiger partial charge in [0.05, 0.1) is 22.9 Å². The number of hydrogen-bond acceptors (Lipinski definition) is 4. The van der Waals surface area contributed by atoms with Gasteiger partial charge in [0.25, 0.3) is 10.0 Å². The summed E-state index contributed by atoms with van der Waals surface area (Å²) in [6, 6.07) is 18.4. The molecule has 0 unspecified atom stereocenters. The lowest BCUT2D eigenvalue weighted by Gasteiger charge is -2.24. The number of para-hydroxylation sites is 3. The number of amides is 1. The lowest BCUT2D eigenvalue weighted by Crippen LogP contribution is -2.38. The first-order valence-electron chi connectivity index (χ1n) is 9.68. The van der Waals surface area contributed by atoms with Gasteiger partial charge in [-0.15, -0.1) is 0 Å². The lowest BCUT2D eigenvalue weighted by atomic mass is 10.2. The summed E-state index contributed by atoms with van der Waals surface area (Å²) in [4.78, 5) is 12.8. The minimum absolute atomic E-state index is 0.0381. The Balaban J connectivity index is 1.95. The van der Waals surface area contributed by atoms with Crippen LogP contribution in [0.2, 0.25) is 0 Å². The zero-order chi connectivity index (χ0) is 22.4. The summed E-state index contributed by atoms with van der Waals surface area (Å²) in [5, 5.41) is 2.66. The Bertz CT molecular complexity index is 1160. The third-order valence-electron chi connectivity index (χ3n) is 4.48. The Morgan fingerprint density at radius 3 is 2.32 bits per heavy atom. The van der Waals surface area contributed by atoms with E-state index >= 15 is 0 Å². The summed E-state index contributed by atoms with van der Waals surface area (Å²) >= 11 is 0. The fraction of sp³-hybridized carbons (Fsp3) is 0.174. The SMILES string of the molecule is CCOc1ccccc1NC(=O)CN(c1ccccc1F)S(=O)(=O)c1ccc(C)cc1. The van der Waals surface area contributed by atoms with E-state index < -0.39 is 28.3 Å². The molecule has 0 fully saturated rings. The Hall–Kier alpha value is -3.39. The first-order chi connectivity index (χ1) is 14.8. The Labute approximate surface area is 181 Å². The van der Waals surface area contributed by atoms with Gasteiger partial charge in [0.15, 0.2) is 0 Å². The highest BCUT2D eigenvalue weighted by atomic mass is 32.2. The molecular weight excluding hydrogens is 419 g/mol. The molecule has 0 aliphatic rings. The summed E-state index contributed by atoms with van der Waals surface area (Å²) in [6.45, 7) is 3.43. The van der Waals surface area contributed by atoms with E-state index in [0.717, 1.165) is 15.9 Å². The fourth-order valence-corrected chi connectivity index (χ4v) is 4.39. The van der Waals surface area contributed by atoms with Crippen LogP contribution in [-0.2, 0) is 14.8 Å². The summed E-state index contributed by atoms with van der Waals surface area (Å²) < 4.78 is 47.4. The number of halogens is 1. The average Bonchev–Trinajstić information content (AvgIpc) is 2.74. The molecule has 3 aromatic carbocycles. The van der Waals surface area contributed by atoms with Gasteiger partial charge >= 0.3 is 0 Å². The van der Waals surface area contributed by atoms with Crippen LogP contribution in [0.5, 0.6) is 5.75 Å². The molecule has 0 aromatic heterocycles. The van der Waals surface area contributed by atoms with Crippen molar-refractivity contribution in [2.45, 2.75) is 18.7 Å². The maximum absolute atomic E-state index is 14.5. The number of nitrogens with zero attached hydrogens (tertiary/aromatic N) is 1. The molecule has 0 bridgehead atoms. The number of aryl methyl sites for hydroxylation is 1. The average molecular weight is 443 g/mol. The standard InChI is InChI=1S/C23H23FN2O4S/c1-3-30-22-11-7-5-9-20(22)25-23(27)16-26(21-10-6-4-8-19(21)24)31(28,29)18-14-12-17(2)13-15-18/h4-15H,3,16H2,1-2H3,(H,25,27). The zero-order valence-electron chi connectivity index (χ0n) is 17.2.